The van der Waals surface area contributed by atoms with E-state index in [2.05, 4.69) is 13.8 Å². The van der Waals surface area contributed by atoms with Crippen LogP contribution in [0.3, 0.4) is 0 Å². The molecular weight excluding hydrogens is 134 g/mol. The third kappa shape index (κ3) is 7.86. The highest BCUT2D eigenvalue weighted by molar-refractivity contribution is 4.59. The van der Waals surface area contributed by atoms with Crippen molar-refractivity contribution < 1.29 is 0 Å². The fourth-order valence-corrected chi connectivity index (χ4v) is 1.24. The van der Waals surface area contributed by atoms with E-state index in [1.54, 1.807) is 0 Å². The predicted molar refractivity (Wildman–Crippen MR) is 50.6 cm³/mol. The van der Waals surface area contributed by atoms with Gasteiger partial charge in [0.1, 0.15) is 0 Å². The molecule has 1 radical (unpaired) electrons. The normalized spacial score (nSPS) is 13.4. The SMILES string of the molecule is CCCCCC([NH])CCCC. The number of hydrogen-bond acceptors (Lipinski definition) is 0. The van der Waals surface area contributed by atoms with Crippen molar-refractivity contribution in [1.82, 2.24) is 5.73 Å². The van der Waals surface area contributed by atoms with Crippen LogP contribution in [0.2, 0.25) is 0 Å². The third-order valence-corrected chi connectivity index (χ3v) is 2.06. The van der Waals surface area contributed by atoms with Crippen LogP contribution in [0, 0.1) is 0 Å². The fraction of sp³-hybridized carbons (Fsp3) is 1.00. The molecule has 0 aromatic heterocycles. The Morgan fingerprint density at radius 2 is 1.45 bits per heavy atom. The summed E-state index contributed by atoms with van der Waals surface area (Å²) < 4.78 is 0. The van der Waals surface area contributed by atoms with Crippen molar-refractivity contribution >= 4 is 0 Å². The van der Waals surface area contributed by atoms with Crippen molar-refractivity contribution in [1.29, 1.82) is 0 Å². The first-order valence-corrected chi connectivity index (χ1v) is 5.02. The molecule has 67 valence electrons. The van der Waals surface area contributed by atoms with Crippen LogP contribution < -0.4 is 5.73 Å². The molecule has 1 atom stereocenters. The van der Waals surface area contributed by atoms with E-state index < -0.39 is 0 Å². The van der Waals surface area contributed by atoms with E-state index >= 15 is 0 Å². The highest BCUT2D eigenvalue weighted by Gasteiger charge is 2.00. The van der Waals surface area contributed by atoms with Gasteiger partial charge in [0.25, 0.3) is 0 Å². The van der Waals surface area contributed by atoms with E-state index in [4.69, 9.17) is 5.73 Å². The molecule has 1 N–H and O–H groups in total. The van der Waals surface area contributed by atoms with Gasteiger partial charge < -0.3 is 0 Å². The summed E-state index contributed by atoms with van der Waals surface area (Å²) in [4.78, 5) is 0. The van der Waals surface area contributed by atoms with Crippen molar-refractivity contribution in [3.8, 4) is 0 Å². The summed E-state index contributed by atoms with van der Waals surface area (Å²) in [5, 5.41) is 0. The highest BCUT2D eigenvalue weighted by Crippen LogP contribution is 2.08. The lowest BCUT2D eigenvalue weighted by atomic mass is 10.0. The van der Waals surface area contributed by atoms with Crippen molar-refractivity contribution in [2.75, 3.05) is 0 Å². The lowest BCUT2D eigenvalue weighted by molar-refractivity contribution is 0.500. The summed E-state index contributed by atoms with van der Waals surface area (Å²) in [5.74, 6) is 0. The Balaban J connectivity index is 3.02. The molecule has 0 amide bonds. The average molecular weight is 156 g/mol. The Kier molecular flexibility index (Phi) is 8.03. The Bertz CT molecular complexity index is 71.3. The molecule has 11 heavy (non-hydrogen) atoms. The van der Waals surface area contributed by atoms with Gasteiger partial charge in [0.15, 0.2) is 0 Å². The van der Waals surface area contributed by atoms with Crippen molar-refractivity contribution in [2.24, 2.45) is 0 Å². The van der Waals surface area contributed by atoms with Gasteiger partial charge in [-0.15, -0.1) is 0 Å². The van der Waals surface area contributed by atoms with E-state index in [1.165, 1.54) is 32.1 Å². The van der Waals surface area contributed by atoms with Crippen LogP contribution in [0.5, 0.6) is 0 Å². The first-order chi connectivity index (χ1) is 5.31. The molecule has 0 saturated carbocycles. The quantitative estimate of drug-likeness (QED) is 0.504. The third-order valence-electron chi connectivity index (χ3n) is 2.06. The maximum atomic E-state index is 7.65. The molecule has 0 rings (SSSR count). The highest BCUT2D eigenvalue weighted by atomic mass is 14.6. The van der Waals surface area contributed by atoms with Gasteiger partial charge in [-0.3, -0.25) is 5.73 Å². The summed E-state index contributed by atoms with van der Waals surface area (Å²) >= 11 is 0. The zero-order valence-electron chi connectivity index (χ0n) is 8.03. The van der Waals surface area contributed by atoms with Crippen molar-refractivity contribution in [3.05, 3.63) is 0 Å². The van der Waals surface area contributed by atoms with Gasteiger partial charge >= 0.3 is 0 Å². The van der Waals surface area contributed by atoms with Crippen LogP contribution in [0.25, 0.3) is 0 Å². The molecule has 0 aromatic carbocycles. The lowest BCUT2D eigenvalue weighted by Crippen LogP contribution is -2.07. The van der Waals surface area contributed by atoms with E-state index in [9.17, 15) is 0 Å². The van der Waals surface area contributed by atoms with Crippen LogP contribution in [-0.2, 0) is 0 Å². The van der Waals surface area contributed by atoms with Gasteiger partial charge in [0.05, 0.1) is 0 Å². The Morgan fingerprint density at radius 1 is 0.909 bits per heavy atom. The monoisotopic (exact) mass is 156 g/mol. The van der Waals surface area contributed by atoms with Crippen LogP contribution in [0.1, 0.15) is 58.8 Å². The van der Waals surface area contributed by atoms with Gasteiger partial charge in [-0.25, -0.2) is 0 Å². The number of nitrogens with one attached hydrogen (secondary N) is 1. The summed E-state index contributed by atoms with van der Waals surface area (Å²) in [6.45, 7) is 4.41. The molecule has 0 bridgehead atoms. The van der Waals surface area contributed by atoms with Crippen LogP contribution in [0.4, 0.5) is 0 Å². The smallest absolute Gasteiger partial charge is 0.0213 e. The molecule has 1 heteroatoms. The molecule has 0 aromatic rings. The van der Waals surface area contributed by atoms with Gasteiger partial charge in [0, 0.05) is 6.04 Å². The maximum Gasteiger partial charge on any atom is 0.0213 e. The largest absolute Gasteiger partial charge is 0.255 e. The Hall–Kier alpha value is -0.0400. The van der Waals surface area contributed by atoms with E-state index in [0.29, 0.717) is 0 Å². The fourth-order valence-electron chi connectivity index (χ4n) is 1.24. The van der Waals surface area contributed by atoms with Crippen molar-refractivity contribution in [2.45, 2.75) is 64.8 Å². The second kappa shape index (κ2) is 8.06. The van der Waals surface area contributed by atoms with Crippen molar-refractivity contribution in [3.63, 3.8) is 0 Å². The molecule has 0 saturated heterocycles. The van der Waals surface area contributed by atoms with E-state index in [1.807, 2.05) is 0 Å². The standard InChI is InChI=1S/C10H22N/c1-3-5-7-9-10(11)8-6-4-2/h10-11H,3-9H2,1-2H3. The minimum absolute atomic E-state index is 0.224. The van der Waals surface area contributed by atoms with E-state index in [0.717, 1.165) is 12.8 Å². The van der Waals surface area contributed by atoms with Gasteiger partial charge in [-0.1, -0.05) is 46.0 Å². The second-order valence-corrected chi connectivity index (χ2v) is 3.33. The summed E-state index contributed by atoms with van der Waals surface area (Å²) in [6, 6.07) is 0.224. The van der Waals surface area contributed by atoms with Crippen LogP contribution in [-0.4, -0.2) is 6.04 Å². The maximum absolute atomic E-state index is 7.65. The molecule has 1 nitrogen and oxygen atoms in total. The van der Waals surface area contributed by atoms with E-state index in [-0.39, 0.29) is 6.04 Å². The molecule has 0 heterocycles. The van der Waals surface area contributed by atoms with Gasteiger partial charge in [-0.05, 0) is 12.8 Å². The Morgan fingerprint density at radius 3 is 2.00 bits per heavy atom. The predicted octanol–water partition coefficient (Wildman–Crippen LogP) is 3.41. The minimum Gasteiger partial charge on any atom is -0.255 e. The first kappa shape index (κ1) is 11.0. The minimum atomic E-state index is 0.224. The molecular formula is C10H22N. The molecule has 0 fully saturated rings. The average Bonchev–Trinajstić information content (AvgIpc) is 2.01. The molecule has 0 spiro atoms. The molecule has 1 unspecified atom stereocenters. The van der Waals surface area contributed by atoms with Crippen LogP contribution in [0.15, 0.2) is 0 Å². The summed E-state index contributed by atoms with van der Waals surface area (Å²) in [6.07, 6.45) is 8.55. The number of unbranched alkanes of at least 4 members (excludes halogenated alkanes) is 3. The summed E-state index contributed by atoms with van der Waals surface area (Å²) in [5.41, 5.74) is 7.65. The lowest BCUT2D eigenvalue weighted by Gasteiger charge is -2.08. The summed E-state index contributed by atoms with van der Waals surface area (Å²) in [7, 11) is 0. The number of hydrogen-bond donors (Lipinski definition) is 0. The molecule has 0 aliphatic carbocycles. The number of rotatable bonds is 7. The second-order valence-electron chi connectivity index (χ2n) is 3.33. The molecule has 0 aliphatic heterocycles. The zero-order valence-corrected chi connectivity index (χ0v) is 8.03. The van der Waals surface area contributed by atoms with Gasteiger partial charge in [0.2, 0.25) is 0 Å². The zero-order chi connectivity index (χ0) is 8.53. The topological polar surface area (TPSA) is 23.8 Å². The first-order valence-electron chi connectivity index (χ1n) is 5.02. The van der Waals surface area contributed by atoms with Crippen LogP contribution >= 0.6 is 0 Å². The molecule has 0 aliphatic rings. The Labute approximate surface area is 71.4 Å². The van der Waals surface area contributed by atoms with Gasteiger partial charge in [-0.2, -0.15) is 0 Å².